The van der Waals surface area contributed by atoms with Gasteiger partial charge in [-0.2, -0.15) is 0 Å². The molecule has 1 N–H and O–H groups in total. The van der Waals surface area contributed by atoms with Gasteiger partial charge in [-0.15, -0.1) is 11.3 Å². The quantitative estimate of drug-likeness (QED) is 0.210. The zero-order valence-electron chi connectivity index (χ0n) is 21.1. The van der Waals surface area contributed by atoms with E-state index in [1.807, 2.05) is 24.4 Å². The lowest BCUT2D eigenvalue weighted by molar-refractivity contribution is -0.114. The number of hydrogen-bond acceptors (Lipinski definition) is 7. The standard InChI is InChI=1S/C27H35N3O3S2/c1-5-30(6-2)17-11-16-28-18-20-14-15-22-23(29-19(4)31)26(27(32)33-7-3)35-25(22)24(20)34-21-12-9-8-10-13-21/h8-10,12-13,18H,5-7,11,14-17H2,1-4H3,(H,29,31). The Morgan fingerprint density at radius 1 is 1.17 bits per heavy atom. The fourth-order valence-corrected chi connectivity index (χ4v) is 6.45. The number of anilines is 1. The van der Waals surface area contributed by atoms with Gasteiger partial charge in [0.15, 0.2) is 0 Å². The lowest BCUT2D eigenvalue weighted by Crippen LogP contribution is -2.24. The molecule has 1 aromatic carbocycles. The van der Waals surface area contributed by atoms with E-state index < -0.39 is 5.97 Å². The Bertz CT molecular complexity index is 1070. The second-order valence-electron chi connectivity index (χ2n) is 8.20. The Balaban J connectivity index is 1.96. The molecule has 1 amide bonds. The SMILES string of the molecule is CCOC(=O)c1sc2c(c1NC(C)=O)CCC(C=NCCCN(CC)CC)=C2Sc1ccccc1. The van der Waals surface area contributed by atoms with Crippen molar-refractivity contribution >= 4 is 51.8 Å². The van der Waals surface area contributed by atoms with Gasteiger partial charge in [0.2, 0.25) is 5.91 Å². The summed E-state index contributed by atoms with van der Waals surface area (Å²) in [4.78, 5) is 35.6. The maximum absolute atomic E-state index is 12.7. The van der Waals surface area contributed by atoms with Crippen molar-refractivity contribution in [1.82, 2.24) is 4.90 Å². The Kier molecular flexibility index (Phi) is 10.6. The van der Waals surface area contributed by atoms with Crippen molar-refractivity contribution in [3.8, 4) is 0 Å². The number of fused-ring (bicyclic) bond motifs is 1. The van der Waals surface area contributed by atoms with Gasteiger partial charge in [0.05, 0.1) is 12.3 Å². The van der Waals surface area contributed by atoms with E-state index >= 15 is 0 Å². The smallest absolute Gasteiger partial charge is 0.350 e. The van der Waals surface area contributed by atoms with Crippen molar-refractivity contribution in [2.75, 3.05) is 38.1 Å². The summed E-state index contributed by atoms with van der Waals surface area (Å²) >= 11 is 3.08. The molecule has 0 bridgehead atoms. The molecular weight excluding hydrogens is 478 g/mol. The molecule has 0 saturated heterocycles. The van der Waals surface area contributed by atoms with Gasteiger partial charge in [0.25, 0.3) is 0 Å². The second-order valence-corrected chi connectivity index (χ2v) is 10.3. The van der Waals surface area contributed by atoms with Crippen molar-refractivity contribution in [3.63, 3.8) is 0 Å². The molecule has 0 unspecified atom stereocenters. The highest BCUT2D eigenvalue weighted by Gasteiger charge is 2.30. The van der Waals surface area contributed by atoms with Gasteiger partial charge in [0, 0.05) is 34.4 Å². The average Bonchev–Trinajstić information content (AvgIpc) is 3.21. The number of carbonyl (C=O) groups excluding carboxylic acids is 2. The number of ether oxygens (including phenoxy) is 1. The minimum atomic E-state index is -0.397. The monoisotopic (exact) mass is 513 g/mol. The van der Waals surface area contributed by atoms with E-state index in [4.69, 9.17) is 9.73 Å². The number of aliphatic imine (C=N–C) groups is 1. The first-order chi connectivity index (χ1) is 17.0. The number of hydrogen-bond donors (Lipinski definition) is 1. The van der Waals surface area contributed by atoms with Crippen LogP contribution >= 0.6 is 23.1 Å². The number of allylic oxidation sites excluding steroid dienone is 1. The molecular formula is C27H35N3O3S2. The highest BCUT2D eigenvalue weighted by molar-refractivity contribution is 8.08. The van der Waals surface area contributed by atoms with Gasteiger partial charge >= 0.3 is 5.97 Å². The minimum Gasteiger partial charge on any atom is -0.462 e. The molecule has 0 fully saturated rings. The molecule has 8 heteroatoms. The van der Waals surface area contributed by atoms with Crippen molar-refractivity contribution in [2.24, 2.45) is 4.99 Å². The van der Waals surface area contributed by atoms with E-state index in [9.17, 15) is 9.59 Å². The number of nitrogens with zero attached hydrogens (tertiary/aromatic N) is 2. The predicted octanol–water partition coefficient (Wildman–Crippen LogP) is 6.14. The van der Waals surface area contributed by atoms with Crippen molar-refractivity contribution < 1.29 is 14.3 Å². The van der Waals surface area contributed by atoms with E-state index in [0.29, 0.717) is 10.6 Å². The molecule has 3 rings (SSSR count). The van der Waals surface area contributed by atoms with E-state index in [0.717, 1.165) is 65.7 Å². The molecule has 1 aliphatic rings. The summed E-state index contributed by atoms with van der Waals surface area (Å²) in [5.41, 5.74) is 2.77. The number of thioether (sulfide) groups is 1. The van der Waals surface area contributed by atoms with Crippen LogP contribution in [-0.2, 0) is 16.0 Å². The maximum Gasteiger partial charge on any atom is 0.350 e. The number of benzene rings is 1. The summed E-state index contributed by atoms with van der Waals surface area (Å²) < 4.78 is 5.30. The van der Waals surface area contributed by atoms with Gasteiger partial charge in [-0.3, -0.25) is 9.79 Å². The summed E-state index contributed by atoms with van der Waals surface area (Å²) in [6.07, 6.45) is 4.57. The molecule has 6 nitrogen and oxygen atoms in total. The van der Waals surface area contributed by atoms with Crippen LogP contribution in [0.25, 0.3) is 4.91 Å². The highest BCUT2D eigenvalue weighted by atomic mass is 32.2. The van der Waals surface area contributed by atoms with E-state index in [-0.39, 0.29) is 12.5 Å². The Labute approximate surface area is 216 Å². The lowest BCUT2D eigenvalue weighted by atomic mass is 9.97. The third kappa shape index (κ3) is 7.29. The molecule has 0 aliphatic heterocycles. The van der Waals surface area contributed by atoms with Crippen LogP contribution in [0, 0.1) is 0 Å². The molecule has 0 saturated carbocycles. The number of rotatable bonds is 12. The van der Waals surface area contributed by atoms with Crippen LogP contribution in [0.1, 0.15) is 60.6 Å². The predicted molar refractivity (Wildman–Crippen MR) is 148 cm³/mol. The third-order valence-electron chi connectivity index (χ3n) is 5.78. The number of nitrogens with one attached hydrogen (secondary N) is 1. The molecule has 35 heavy (non-hydrogen) atoms. The van der Waals surface area contributed by atoms with Gasteiger partial charge < -0.3 is 15.0 Å². The van der Waals surface area contributed by atoms with Gasteiger partial charge in [-0.1, -0.05) is 43.8 Å². The van der Waals surface area contributed by atoms with Crippen LogP contribution in [0.3, 0.4) is 0 Å². The van der Waals surface area contributed by atoms with Crippen LogP contribution in [0.5, 0.6) is 0 Å². The molecule has 0 atom stereocenters. The summed E-state index contributed by atoms with van der Waals surface area (Å²) in [7, 11) is 0. The Hall–Kier alpha value is -2.42. The molecule has 1 aromatic heterocycles. The number of esters is 1. The van der Waals surface area contributed by atoms with Crippen LogP contribution in [0.15, 0.2) is 45.8 Å². The summed E-state index contributed by atoms with van der Waals surface area (Å²) in [5, 5.41) is 2.90. The maximum atomic E-state index is 12.7. The summed E-state index contributed by atoms with van der Waals surface area (Å²) in [5.74, 6) is -0.593. The topological polar surface area (TPSA) is 71.0 Å². The number of amides is 1. The molecule has 1 aliphatic carbocycles. The third-order valence-corrected chi connectivity index (χ3v) is 8.31. The second kappa shape index (κ2) is 13.6. The Morgan fingerprint density at radius 3 is 2.57 bits per heavy atom. The number of thiophene rings is 1. The first-order valence-electron chi connectivity index (χ1n) is 12.3. The van der Waals surface area contributed by atoms with Crippen molar-refractivity contribution in [3.05, 3.63) is 51.2 Å². The fraction of sp³-hybridized carbons (Fsp3) is 0.444. The number of carbonyl (C=O) groups is 2. The molecule has 0 spiro atoms. The van der Waals surface area contributed by atoms with Crippen molar-refractivity contribution in [1.29, 1.82) is 0 Å². The summed E-state index contributed by atoms with van der Waals surface area (Å²) in [6.45, 7) is 11.9. The highest BCUT2D eigenvalue weighted by Crippen LogP contribution is 2.49. The normalized spacial score (nSPS) is 13.4. The van der Waals surface area contributed by atoms with Crippen molar-refractivity contribution in [2.45, 2.75) is 51.9 Å². The van der Waals surface area contributed by atoms with Gasteiger partial charge in [0.1, 0.15) is 4.88 Å². The first kappa shape index (κ1) is 27.2. The van der Waals surface area contributed by atoms with Gasteiger partial charge in [-0.05, 0) is 69.1 Å². The zero-order chi connectivity index (χ0) is 25.2. The molecule has 2 aromatic rings. The van der Waals surface area contributed by atoms with E-state index in [1.54, 1.807) is 18.7 Å². The average molecular weight is 514 g/mol. The fourth-order valence-electron chi connectivity index (χ4n) is 4.00. The largest absolute Gasteiger partial charge is 0.462 e. The molecule has 188 valence electrons. The molecule has 1 heterocycles. The van der Waals surface area contributed by atoms with Crippen LogP contribution in [0.2, 0.25) is 0 Å². The summed E-state index contributed by atoms with van der Waals surface area (Å²) in [6, 6.07) is 10.2. The van der Waals surface area contributed by atoms with Crippen LogP contribution in [-0.4, -0.2) is 55.8 Å². The van der Waals surface area contributed by atoms with Crippen LogP contribution in [0.4, 0.5) is 5.69 Å². The zero-order valence-corrected chi connectivity index (χ0v) is 22.7. The Morgan fingerprint density at radius 2 is 1.91 bits per heavy atom. The van der Waals surface area contributed by atoms with E-state index in [2.05, 4.69) is 36.2 Å². The minimum absolute atomic E-state index is 0.196. The lowest BCUT2D eigenvalue weighted by Gasteiger charge is -2.19. The van der Waals surface area contributed by atoms with Crippen LogP contribution < -0.4 is 5.32 Å². The van der Waals surface area contributed by atoms with Gasteiger partial charge in [-0.25, -0.2) is 4.79 Å². The van der Waals surface area contributed by atoms with E-state index in [1.165, 1.54) is 23.8 Å². The first-order valence-corrected chi connectivity index (χ1v) is 13.9. The molecule has 0 radical (unpaired) electrons.